The van der Waals surface area contributed by atoms with Gasteiger partial charge in [-0.25, -0.2) is 4.57 Å². The van der Waals surface area contributed by atoms with Gasteiger partial charge in [-0.05, 0) is 51.4 Å². The Hall–Kier alpha value is -1.05. The molecule has 0 radical (unpaired) electrons. The Labute approximate surface area is 200 Å². The van der Waals surface area contributed by atoms with Gasteiger partial charge in [-0.2, -0.15) is 0 Å². The number of allylic oxidation sites excluding steroid dienone is 8. The van der Waals surface area contributed by atoms with Crippen LogP contribution >= 0.6 is 7.82 Å². The second kappa shape index (κ2) is 22.7. The second-order valence-electron chi connectivity index (χ2n) is 7.89. The minimum Gasteiger partial charge on any atom is -0.390 e. The van der Waals surface area contributed by atoms with Crippen molar-refractivity contribution in [2.45, 2.75) is 89.8 Å². The fourth-order valence-electron chi connectivity index (χ4n) is 2.86. The molecule has 0 saturated carbocycles. The van der Waals surface area contributed by atoms with Gasteiger partial charge >= 0.3 is 7.82 Å². The maximum atomic E-state index is 11.5. The normalized spacial score (nSPS) is 16.4. The van der Waals surface area contributed by atoms with Crippen molar-refractivity contribution in [2.75, 3.05) is 19.8 Å². The number of hydrogen-bond acceptors (Lipinski definition) is 6. The molecule has 0 amide bonds. The van der Waals surface area contributed by atoms with E-state index < -0.39 is 26.6 Å². The molecule has 192 valence electrons. The Morgan fingerprint density at radius 2 is 1.30 bits per heavy atom. The van der Waals surface area contributed by atoms with Crippen LogP contribution in [0.3, 0.4) is 0 Å². The van der Waals surface area contributed by atoms with Crippen LogP contribution in [0.1, 0.15) is 77.6 Å². The highest BCUT2D eigenvalue weighted by Gasteiger charge is 2.25. The van der Waals surface area contributed by atoms with Crippen LogP contribution in [-0.4, -0.2) is 47.1 Å². The molecular weight excluding hydrogens is 441 g/mol. The molecule has 5 N–H and O–H groups in total. The van der Waals surface area contributed by atoms with E-state index >= 15 is 0 Å². The second-order valence-corrected chi connectivity index (χ2v) is 9.35. The Balaban J connectivity index is 3.69. The molecule has 0 aromatic heterocycles. The van der Waals surface area contributed by atoms with Gasteiger partial charge in [0.25, 0.3) is 0 Å². The van der Waals surface area contributed by atoms with Gasteiger partial charge in [0.1, 0.15) is 6.10 Å². The van der Waals surface area contributed by atoms with E-state index in [1.165, 1.54) is 25.7 Å². The molecule has 3 atom stereocenters. The Morgan fingerprint density at radius 1 is 0.788 bits per heavy atom. The smallest absolute Gasteiger partial charge is 0.390 e. The lowest BCUT2D eigenvalue weighted by Gasteiger charge is -2.19. The third-order valence-corrected chi connectivity index (χ3v) is 5.79. The Kier molecular flexibility index (Phi) is 22.0. The molecule has 0 aliphatic heterocycles. The molecule has 8 heteroatoms. The maximum absolute atomic E-state index is 11.5. The van der Waals surface area contributed by atoms with Gasteiger partial charge in [-0.1, -0.05) is 74.8 Å². The quantitative estimate of drug-likeness (QED) is 0.0924. The third kappa shape index (κ3) is 22.5. The lowest BCUT2D eigenvalue weighted by atomic mass is 10.1. The Bertz CT molecular complexity index is 606. The highest BCUT2D eigenvalue weighted by Crippen LogP contribution is 2.43. The summed E-state index contributed by atoms with van der Waals surface area (Å²) in [7, 11) is -4.24. The van der Waals surface area contributed by atoms with Crippen molar-refractivity contribution in [1.82, 2.24) is 0 Å². The Morgan fingerprint density at radius 3 is 1.82 bits per heavy atom. The lowest BCUT2D eigenvalue weighted by molar-refractivity contribution is -0.0201. The number of aliphatic hydroxyl groups excluding tert-OH is 2. The molecule has 0 fully saturated rings. The van der Waals surface area contributed by atoms with E-state index in [0.717, 1.165) is 38.5 Å². The van der Waals surface area contributed by atoms with Crippen LogP contribution in [0.25, 0.3) is 0 Å². The zero-order valence-electron chi connectivity index (χ0n) is 20.3. The predicted molar refractivity (Wildman–Crippen MR) is 136 cm³/mol. The lowest BCUT2D eigenvalue weighted by Crippen LogP contribution is -2.30. The van der Waals surface area contributed by atoms with Gasteiger partial charge in [-0.3, -0.25) is 9.05 Å². The van der Waals surface area contributed by atoms with Gasteiger partial charge in [0.05, 0.1) is 19.3 Å². The number of hydrogen-bond donors (Lipinski definition) is 4. The largest absolute Gasteiger partial charge is 0.472 e. The zero-order chi connectivity index (χ0) is 24.6. The van der Waals surface area contributed by atoms with Crippen LogP contribution in [-0.2, 0) is 13.6 Å². The molecule has 0 spiro atoms. The summed E-state index contributed by atoms with van der Waals surface area (Å²) in [4.78, 5) is 9.36. The molecule has 7 nitrogen and oxygen atoms in total. The highest BCUT2D eigenvalue weighted by atomic mass is 31.2. The molecule has 2 unspecified atom stereocenters. The van der Waals surface area contributed by atoms with E-state index in [0.29, 0.717) is 6.42 Å². The first-order valence-corrected chi connectivity index (χ1v) is 13.7. The average molecular weight is 488 g/mol. The van der Waals surface area contributed by atoms with Crippen molar-refractivity contribution < 1.29 is 28.7 Å². The average Bonchev–Trinajstić information content (AvgIpc) is 2.80. The van der Waals surface area contributed by atoms with Gasteiger partial charge in [0, 0.05) is 6.54 Å². The minimum atomic E-state index is -4.24. The molecule has 0 aromatic rings. The van der Waals surface area contributed by atoms with Gasteiger partial charge < -0.3 is 20.8 Å². The van der Waals surface area contributed by atoms with Gasteiger partial charge in [-0.15, -0.1) is 0 Å². The van der Waals surface area contributed by atoms with E-state index in [2.05, 4.69) is 64.6 Å². The summed E-state index contributed by atoms with van der Waals surface area (Å²) in [6.45, 7) is 1.71. The molecule has 0 bridgehead atoms. The van der Waals surface area contributed by atoms with E-state index in [9.17, 15) is 19.7 Å². The van der Waals surface area contributed by atoms with Crippen LogP contribution < -0.4 is 5.73 Å². The summed E-state index contributed by atoms with van der Waals surface area (Å²) in [5, 5.41) is 19.8. The number of rotatable bonds is 22. The number of phosphoric ester groups is 1. The maximum Gasteiger partial charge on any atom is 0.472 e. The molecule has 0 aromatic carbocycles. The minimum absolute atomic E-state index is 0.0819. The van der Waals surface area contributed by atoms with Crippen LogP contribution in [0.5, 0.6) is 0 Å². The van der Waals surface area contributed by atoms with Gasteiger partial charge in [0.2, 0.25) is 0 Å². The molecule has 0 heterocycles. The van der Waals surface area contributed by atoms with E-state index in [1.807, 2.05) is 0 Å². The number of phosphoric acid groups is 1. The monoisotopic (exact) mass is 487 g/mol. The number of unbranched alkanes of at least 4 members (excludes halogenated alkanes) is 5. The third-order valence-electron chi connectivity index (χ3n) is 4.80. The molecule has 33 heavy (non-hydrogen) atoms. The fourth-order valence-corrected chi connectivity index (χ4v) is 3.61. The van der Waals surface area contributed by atoms with Crippen molar-refractivity contribution >= 4 is 7.82 Å². The fraction of sp³-hybridized carbons (Fsp3) is 0.680. The van der Waals surface area contributed by atoms with Crippen LogP contribution in [0.4, 0.5) is 0 Å². The van der Waals surface area contributed by atoms with Gasteiger partial charge in [0.15, 0.2) is 0 Å². The first-order valence-electron chi connectivity index (χ1n) is 12.2. The van der Waals surface area contributed by atoms with Crippen molar-refractivity contribution in [3.8, 4) is 0 Å². The van der Waals surface area contributed by atoms with Crippen molar-refractivity contribution in [1.29, 1.82) is 0 Å². The summed E-state index contributed by atoms with van der Waals surface area (Å²) >= 11 is 0. The summed E-state index contributed by atoms with van der Waals surface area (Å²) in [6.07, 6.45) is 26.0. The topological polar surface area (TPSA) is 122 Å². The molecule has 0 saturated heterocycles. The van der Waals surface area contributed by atoms with Crippen LogP contribution in [0.15, 0.2) is 48.6 Å². The highest BCUT2D eigenvalue weighted by molar-refractivity contribution is 7.47. The summed E-state index contributed by atoms with van der Waals surface area (Å²) in [5.74, 6) is 0. The van der Waals surface area contributed by atoms with Crippen molar-refractivity contribution in [3.05, 3.63) is 48.6 Å². The molecular formula is C25H46NO6P. The van der Waals surface area contributed by atoms with Crippen molar-refractivity contribution in [2.24, 2.45) is 5.73 Å². The summed E-state index contributed by atoms with van der Waals surface area (Å²) in [5.41, 5.74) is 5.18. The predicted octanol–water partition coefficient (Wildman–Crippen LogP) is 5.34. The van der Waals surface area contributed by atoms with E-state index in [-0.39, 0.29) is 13.2 Å². The molecule has 0 rings (SSSR count). The first-order chi connectivity index (χ1) is 15.9. The molecule has 0 aliphatic carbocycles. The SMILES string of the molecule is CCCCC/C=C\C/C=C\C/C=C\C/C=C\CCCCC(O)[C@@H](O)COP(=O)(O)OCCN. The van der Waals surface area contributed by atoms with E-state index in [4.69, 9.17) is 5.73 Å². The standard InChI is InChI=1S/C25H46NO6P/c1-2-3-4-5-6-7-8-9-10-11-12-13-14-15-16-17-18-19-20-24(27)25(28)23-32-33(29,30)31-22-21-26/h6-7,9-10,12-13,15-16,24-25,27-28H,2-5,8,11,14,17-23,26H2,1H3,(H,29,30)/b7-6-,10-9-,13-12-,16-15-/t24?,25-/m0/s1. The summed E-state index contributed by atoms with van der Waals surface area (Å²) < 4.78 is 20.7. The zero-order valence-corrected chi connectivity index (χ0v) is 21.2. The number of aliphatic hydroxyl groups is 2. The van der Waals surface area contributed by atoms with Crippen molar-refractivity contribution in [3.63, 3.8) is 0 Å². The van der Waals surface area contributed by atoms with E-state index in [1.54, 1.807) is 0 Å². The first kappa shape index (κ1) is 31.9. The van der Waals surface area contributed by atoms with Crippen LogP contribution in [0.2, 0.25) is 0 Å². The summed E-state index contributed by atoms with van der Waals surface area (Å²) in [6, 6.07) is 0. The number of nitrogens with two attached hydrogens (primary N) is 1. The van der Waals surface area contributed by atoms with Crippen LogP contribution in [0, 0.1) is 0 Å². The molecule has 0 aliphatic rings.